The van der Waals surface area contributed by atoms with E-state index in [1.807, 2.05) is 6.92 Å². The van der Waals surface area contributed by atoms with Gasteiger partial charge in [-0.3, -0.25) is 4.79 Å². The lowest BCUT2D eigenvalue weighted by atomic mass is 10.3. The topological polar surface area (TPSA) is 75.3 Å². The molecule has 0 aliphatic carbocycles. The van der Waals surface area contributed by atoms with Crippen LogP contribution in [0.1, 0.15) is 26.7 Å². The van der Waals surface area contributed by atoms with E-state index in [4.69, 9.17) is 11.6 Å². The highest BCUT2D eigenvalue weighted by Crippen LogP contribution is 2.14. The number of hydrogen-bond acceptors (Lipinski definition) is 3. The molecule has 0 saturated carbocycles. The lowest BCUT2D eigenvalue weighted by molar-refractivity contribution is -0.122. The molecule has 0 aromatic heterocycles. The number of sulfonamides is 1. The predicted molar refractivity (Wildman–Crippen MR) is 79.2 cm³/mol. The van der Waals surface area contributed by atoms with Gasteiger partial charge >= 0.3 is 0 Å². The highest BCUT2D eigenvalue weighted by Gasteiger charge is 2.21. The fraction of sp³-hybridized carbons (Fsp3) is 0.462. The van der Waals surface area contributed by atoms with Crippen LogP contribution in [0.3, 0.4) is 0 Å². The molecule has 7 heteroatoms. The summed E-state index contributed by atoms with van der Waals surface area (Å²) >= 11 is 5.71. The van der Waals surface area contributed by atoms with E-state index in [9.17, 15) is 13.2 Å². The van der Waals surface area contributed by atoms with Crippen LogP contribution in [0.4, 0.5) is 0 Å². The molecule has 0 aliphatic heterocycles. The van der Waals surface area contributed by atoms with Gasteiger partial charge in [0, 0.05) is 11.6 Å². The standard InChI is InChI=1S/C13H19ClN2O3S/c1-3-4-9-15-13(17)10(2)16-20(18,19)12-7-5-11(14)6-8-12/h5-8,10,16H,3-4,9H2,1-2H3,(H,15,17)/t10-/m0/s1. The molecule has 1 amide bonds. The number of halogens is 1. The van der Waals surface area contributed by atoms with Crippen LogP contribution in [0.15, 0.2) is 29.2 Å². The first kappa shape index (κ1) is 16.9. The number of rotatable bonds is 7. The maximum Gasteiger partial charge on any atom is 0.241 e. The quantitative estimate of drug-likeness (QED) is 0.754. The summed E-state index contributed by atoms with van der Waals surface area (Å²) in [5.41, 5.74) is 0. The Kier molecular flexibility index (Phi) is 6.45. The van der Waals surface area contributed by atoms with Gasteiger partial charge in [0.1, 0.15) is 0 Å². The summed E-state index contributed by atoms with van der Waals surface area (Å²) in [4.78, 5) is 11.8. The zero-order chi connectivity index (χ0) is 15.2. The van der Waals surface area contributed by atoms with Gasteiger partial charge in [-0.25, -0.2) is 8.42 Å². The lowest BCUT2D eigenvalue weighted by Crippen LogP contribution is -2.44. The smallest absolute Gasteiger partial charge is 0.241 e. The van der Waals surface area contributed by atoms with Gasteiger partial charge in [-0.2, -0.15) is 4.72 Å². The first-order chi connectivity index (χ1) is 9.36. The van der Waals surface area contributed by atoms with Crippen molar-refractivity contribution in [3.63, 3.8) is 0 Å². The zero-order valence-corrected chi connectivity index (χ0v) is 13.1. The number of hydrogen-bond donors (Lipinski definition) is 2. The van der Waals surface area contributed by atoms with Crippen LogP contribution in [0, 0.1) is 0 Å². The average molecular weight is 319 g/mol. The molecule has 0 radical (unpaired) electrons. The number of nitrogens with one attached hydrogen (secondary N) is 2. The van der Waals surface area contributed by atoms with Crippen molar-refractivity contribution in [2.24, 2.45) is 0 Å². The third-order valence-electron chi connectivity index (χ3n) is 2.68. The lowest BCUT2D eigenvalue weighted by Gasteiger charge is -2.14. The summed E-state index contributed by atoms with van der Waals surface area (Å²) < 4.78 is 26.4. The Bertz CT molecular complexity index is 543. The second-order valence-electron chi connectivity index (χ2n) is 4.44. The van der Waals surface area contributed by atoms with E-state index in [-0.39, 0.29) is 10.8 Å². The van der Waals surface area contributed by atoms with Gasteiger partial charge in [0.05, 0.1) is 10.9 Å². The van der Waals surface area contributed by atoms with Crippen molar-refractivity contribution in [3.8, 4) is 0 Å². The SMILES string of the molecule is CCCCNC(=O)[C@H](C)NS(=O)(=O)c1ccc(Cl)cc1. The molecule has 20 heavy (non-hydrogen) atoms. The zero-order valence-electron chi connectivity index (χ0n) is 11.5. The molecule has 0 aliphatic rings. The molecule has 0 spiro atoms. The monoisotopic (exact) mass is 318 g/mol. The highest BCUT2D eigenvalue weighted by atomic mass is 35.5. The summed E-state index contributed by atoms with van der Waals surface area (Å²) in [6.45, 7) is 4.07. The summed E-state index contributed by atoms with van der Waals surface area (Å²) in [5, 5.41) is 3.13. The third-order valence-corrected chi connectivity index (χ3v) is 4.49. The van der Waals surface area contributed by atoms with Crippen molar-refractivity contribution in [2.45, 2.75) is 37.6 Å². The largest absolute Gasteiger partial charge is 0.355 e. The normalized spacial score (nSPS) is 12.9. The molecule has 1 rings (SSSR count). The van der Waals surface area contributed by atoms with Crippen LogP contribution in [-0.2, 0) is 14.8 Å². The number of unbranched alkanes of at least 4 members (excludes halogenated alkanes) is 1. The minimum Gasteiger partial charge on any atom is -0.355 e. The van der Waals surface area contributed by atoms with Gasteiger partial charge in [0.2, 0.25) is 15.9 Å². The molecular weight excluding hydrogens is 300 g/mol. The Morgan fingerprint density at radius 2 is 1.90 bits per heavy atom. The summed E-state index contributed by atoms with van der Waals surface area (Å²) in [7, 11) is -3.72. The first-order valence-electron chi connectivity index (χ1n) is 6.42. The van der Waals surface area contributed by atoms with Crippen LogP contribution >= 0.6 is 11.6 Å². The molecule has 0 heterocycles. The molecule has 0 bridgehead atoms. The van der Waals surface area contributed by atoms with E-state index in [0.717, 1.165) is 12.8 Å². The summed E-state index contributed by atoms with van der Waals surface area (Å²) in [6.07, 6.45) is 1.83. The van der Waals surface area contributed by atoms with Crippen molar-refractivity contribution >= 4 is 27.5 Å². The second kappa shape index (κ2) is 7.61. The van der Waals surface area contributed by atoms with Crippen LogP contribution in [-0.4, -0.2) is 26.9 Å². The first-order valence-corrected chi connectivity index (χ1v) is 8.28. The number of carbonyl (C=O) groups excluding carboxylic acids is 1. The van der Waals surface area contributed by atoms with Crippen molar-refractivity contribution < 1.29 is 13.2 Å². The molecule has 1 atom stereocenters. The molecule has 0 fully saturated rings. The van der Waals surface area contributed by atoms with Crippen LogP contribution in [0.2, 0.25) is 5.02 Å². The van der Waals surface area contributed by atoms with Crippen LogP contribution in [0.25, 0.3) is 0 Å². The van der Waals surface area contributed by atoms with Crippen LogP contribution < -0.4 is 10.0 Å². The molecule has 1 aromatic carbocycles. The maximum absolute atomic E-state index is 12.1. The van der Waals surface area contributed by atoms with Crippen molar-refractivity contribution in [1.29, 1.82) is 0 Å². The Morgan fingerprint density at radius 3 is 2.45 bits per heavy atom. The third kappa shape index (κ3) is 5.11. The second-order valence-corrected chi connectivity index (χ2v) is 6.59. The van der Waals surface area contributed by atoms with E-state index in [1.165, 1.54) is 31.2 Å². The van der Waals surface area contributed by atoms with Crippen LogP contribution in [0.5, 0.6) is 0 Å². The summed E-state index contributed by atoms with van der Waals surface area (Å²) in [5.74, 6) is -0.337. The Hall–Kier alpha value is -1.11. The van der Waals surface area contributed by atoms with E-state index in [2.05, 4.69) is 10.0 Å². The van der Waals surface area contributed by atoms with Gasteiger partial charge in [-0.05, 0) is 37.6 Å². The average Bonchev–Trinajstić information content (AvgIpc) is 2.38. The molecule has 2 N–H and O–H groups in total. The number of benzene rings is 1. The minimum atomic E-state index is -3.72. The van der Waals surface area contributed by atoms with E-state index in [1.54, 1.807) is 0 Å². The number of carbonyl (C=O) groups is 1. The van der Waals surface area contributed by atoms with E-state index < -0.39 is 16.1 Å². The van der Waals surface area contributed by atoms with E-state index >= 15 is 0 Å². The minimum absolute atomic E-state index is 0.0788. The molecule has 0 saturated heterocycles. The van der Waals surface area contributed by atoms with Gasteiger partial charge in [-0.15, -0.1) is 0 Å². The molecule has 1 aromatic rings. The van der Waals surface area contributed by atoms with Gasteiger partial charge in [0.15, 0.2) is 0 Å². The number of amides is 1. The fourth-order valence-electron chi connectivity index (χ4n) is 1.51. The predicted octanol–water partition coefficient (Wildman–Crippen LogP) is 1.92. The Labute approximate surface area is 124 Å². The maximum atomic E-state index is 12.1. The van der Waals surface area contributed by atoms with Crippen molar-refractivity contribution in [2.75, 3.05) is 6.54 Å². The van der Waals surface area contributed by atoms with Crippen molar-refractivity contribution in [1.82, 2.24) is 10.0 Å². The molecule has 112 valence electrons. The van der Waals surface area contributed by atoms with Crippen molar-refractivity contribution in [3.05, 3.63) is 29.3 Å². The molecular formula is C13H19ClN2O3S. The summed E-state index contributed by atoms with van der Waals surface area (Å²) in [6, 6.07) is 4.94. The Balaban J connectivity index is 2.66. The molecule has 5 nitrogen and oxygen atoms in total. The molecule has 0 unspecified atom stereocenters. The fourth-order valence-corrected chi connectivity index (χ4v) is 2.84. The van der Waals surface area contributed by atoms with E-state index in [0.29, 0.717) is 11.6 Å². The highest BCUT2D eigenvalue weighted by molar-refractivity contribution is 7.89. The Morgan fingerprint density at radius 1 is 1.30 bits per heavy atom. The van der Waals surface area contributed by atoms with Gasteiger partial charge < -0.3 is 5.32 Å². The van der Waals surface area contributed by atoms with Gasteiger partial charge in [-0.1, -0.05) is 24.9 Å². The van der Waals surface area contributed by atoms with Gasteiger partial charge in [0.25, 0.3) is 0 Å².